The van der Waals surface area contributed by atoms with E-state index in [4.69, 9.17) is 0 Å². The van der Waals surface area contributed by atoms with Gasteiger partial charge in [-0.1, -0.05) is 18.2 Å². The highest BCUT2D eigenvalue weighted by atomic mass is 32.2. The molecule has 3 aromatic rings. The first-order valence-corrected chi connectivity index (χ1v) is 11.9. The minimum Gasteiger partial charge on any atom is -0.508 e. The lowest BCUT2D eigenvalue weighted by Crippen LogP contribution is -2.07. The van der Waals surface area contributed by atoms with Crippen LogP contribution in [0.2, 0.25) is 0 Å². The van der Waals surface area contributed by atoms with Crippen LogP contribution in [0, 0.1) is 0 Å². The molecule has 31 heavy (non-hydrogen) atoms. The van der Waals surface area contributed by atoms with Crippen LogP contribution in [-0.4, -0.2) is 29.6 Å². The van der Waals surface area contributed by atoms with Crippen molar-refractivity contribution in [1.29, 1.82) is 0 Å². The molecule has 10 heteroatoms. The lowest BCUT2D eigenvalue weighted by molar-refractivity contribution is -0.141. The minimum atomic E-state index is -4.63. The van der Waals surface area contributed by atoms with E-state index in [1.807, 2.05) is 0 Å². The number of phenolic OH excluding ortho intramolecular Hbond substituents is 1. The van der Waals surface area contributed by atoms with Crippen molar-refractivity contribution in [2.75, 3.05) is 6.26 Å². The molecule has 1 aromatic carbocycles. The molecule has 0 bridgehead atoms. The second-order valence-corrected chi connectivity index (χ2v) is 10.3. The smallest absolute Gasteiger partial charge is 0.435 e. The predicted molar refractivity (Wildman–Crippen MR) is 113 cm³/mol. The second kappa shape index (κ2) is 7.69. The molecule has 2 heterocycles. The Morgan fingerprint density at radius 3 is 2.65 bits per heavy atom. The molecule has 0 fully saturated rings. The molecule has 0 spiro atoms. The summed E-state index contributed by atoms with van der Waals surface area (Å²) in [5.41, 5.74) is -0.520. The van der Waals surface area contributed by atoms with E-state index in [2.05, 4.69) is 5.10 Å². The van der Waals surface area contributed by atoms with Crippen LogP contribution < -0.4 is 0 Å². The molecule has 0 saturated heterocycles. The van der Waals surface area contributed by atoms with Crippen LogP contribution in [0.15, 0.2) is 65.6 Å². The largest absolute Gasteiger partial charge is 0.508 e. The molecule has 0 amide bonds. The number of benzene rings is 1. The number of halogens is 3. The van der Waals surface area contributed by atoms with Crippen molar-refractivity contribution in [3.05, 3.63) is 76.2 Å². The number of hydrogen-bond donors (Lipinski definition) is 1. The third kappa shape index (κ3) is 4.45. The fourth-order valence-corrected chi connectivity index (χ4v) is 5.15. The van der Waals surface area contributed by atoms with Crippen molar-refractivity contribution in [3.8, 4) is 22.0 Å². The van der Waals surface area contributed by atoms with Gasteiger partial charge in [-0.15, -0.1) is 11.3 Å². The normalized spacial score (nSPS) is 17.0. The molecule has 1 aliphatic rings. The minimum absolute atomic E-state index is 0.0909. The van der Waals surface area contributed by atoms with Crippen molar-refractivity contribution < 1.29 is 26.7 Å². The van der Waals surface area contributed by atoms with Crippen LogP contribution >= 0.6 is 11.3 Å². The van der Waals surface area contributed by atoms with Gasteiger partial charge >= 0.3 is 6.18 Å². The summed E-state index contributed by atoms with van der Waals surface area (Å²) in [5, 5.41) is 13.5. The molecule has 1 atom stereocenters. The Labute approximate surface area is 180 Å². The van der Waals surface area contributed by atoms with E-state index in [1.165, 1.54) is 29.5 Å². The number of aromatic hydroxyl groups is 1. The third-order valence-corrected chi connectivity index (χ3v) is 7.15. The zero-order valence-electron chi connectivity index (χ0n) is 16.2. The van der Waals surface area contributed by atoms with Gasteiger partial charge in [0.05, 0.1) is 21.2 Å². The zero-order chi connectivity index (χ0) is 22.4. The third-order valence-electron chi connectivity index (χ3n) is 4.78. The number of aromatic nitrogens is 2. The number of alkyl halides is 3. The summed E-state index contributed by atoms with van der Waals surface area (Å²) >= 11 is 1.28. The summed E-state index contributed by atoms with van der Waals surface area (Å²) in [6.07, 6.45) is 2.11. The topological polar surface area (TPSA) is 72.2 Å². The molecule has 5 nitrogen and oxygen atoms in total. The summed E-state index contributed by atoms with van der Waals surface area (Å²) < 4.78 is 64.9. The average Bonchev–Trinajstić information content (AvgIpc) is 3.34. The number of nitrogens with zero attached hydrogens (tertiary/aromatic N) is 2. The van der Waals surface area contributed by atoms with Gasteiger partial charge in [0.1, 0.15) is 5.75 Å². The van der Waals surface area contributed by atoms with Gasteiger partial charge in [0.15, 0.2) is 15.5 Å². The number of thiophene rings is 1. The van der Waals surface area contributed by atoms with E-state index in [0.29, 0.717) is 17.0 Å². The van der Waals surface area contributed by atoms with Gasteiger partial charge in [-0.25, -0.2) is 13.1 Å². The second-order valence-electron chi connectivity index (χ2n) is 7.13. The van der Waals surface area contributed by atoms with Gasteiger partial charge in [0.2, 0.25) is 0 Å². The summed E-state index contributed by atoms with van der Waals surface area (Å²) in [4.78, 5) is 1.60. The summed E-state index contributed by atoms with van der Waals surface area (Å²) in [6, 6.07) is 10.3. The molecule has 0 aliphatic heterocycles. The molecule has 4 rings (SSSR count). The van der Waals surface area contributed by atoms with E-state index in [-0.39, 0.29) is 22.3 Å². The van der Waals surface area contributed by atoms with Crippen LogP contribution in [0.1, 0.15) is 22.9 Å². The highest BCUT2D eigenvalue weighted by molar-refractivity contribution is 7.94. The lowest BCUT2D eigenvalue weighted by atomic mass is 9.99. The van der Waals surface area contributed by atoms with Crippen molar-refractivity contribution in [2.24, 2.45) is 0 Å². The van der Waals surface area contributed by atoms with E-state index in [0.717, 1.165) is 21.9 Å². The summed E-state index contributed by atoms with van der Waals surface area (Å²) in [7, 11) is -3.36. The highest BCUT2D eigenvalue weighted by Gasteiger charge is 2.35. The first kappa shape index (κ1) is 21.4. The van der Waals surface area contributed by atoms with E-state index in [1.54, 1.807) is 36.4 Å². The molecule has 1 N–H and O–H groups in total. The Bertz CT molecular complexity index is 1300. The Morgan fingerprint density at radius 2 is 1.97 bits per heavy atom. The predicted octanol–water partition coefficient (Wildman–Crippen LogP) is 5.30. The zero-order valence-corrected chi connectivity index (χ0v) is 17.8. The number of phenols is 1. The van der Waals surface area contributed by atoms with Crippen LogP contribution in [-0.2, 0) is 16.0 Å². The Kier molecular flexibility index (Phi) is 5.30. The summed E-state index contributed by atoms with van der Waals surface area (Å²) in [5.74, 6) is -0.278. The van der Waals surface area contributed by atoms with E-state index < -0.39 is 21.7 Å². The van der Waals surface area contributed by atoms with Gasteiger partial charge < -0.3 is 5.11 Å². The van der Waals surface area contributed by atoms with Crippen LogP contribution in [0.5, 0.6) is 5.75 Å². The average molecular weight is 467 g/mol. The van der Waals surface area contributed by atoms with Gasteiger partial charge in [-0.2, -0.15) is 18.3 Å². The number of sulfone groups is 1. The maximum absolute atomic E-state index is 13.3. The Hall–Kier alpha value is -2.85. The monoisotopic (exact) mass is 466 g/mol. The first-order valence-electron chi connectivity index (χ1n) is 9.17. The molecule has 0 radical (unpaired) electrons. The number of allylic oxidation sites excluding steroid dienone is 3. The first-order chi connectivity index (χ1) is 14.5. The van der Waals surface area contributed by atoms with Crippen molar-refractivity contribution in [2.45, 2.75) is 18.5 Å². The van der Waals surface area contributed by atoms with Gasteiger partial charge in [0, 0.05) is 23.1 Å². The van der Waals surface area contributed by atoms with Crippen molar-refractivity contribution in [3.63, 3.8) is 0 Å². The van der Waals surface area contributed by atoms with Crippen LogP contribution in [0.3, 0.4) is 0 Å². The van der Waals surface area contributed by atoms with E-state index in [9.17, 15) is 26.7 Å². The SMILES string of the molecule is CS(=O)(=O)C1=CC(c2ccc(-c3cc(C(F)(F)F)nn3-c3cccc(O)c3)s2)CC=C1. The fourth-order valence-electron chi connectivity index (χ4n) is 3.30. The van der Waals surface area contributed by atoms with Crippen molar-refractivity contribution >= 4 is 21.2 Å². The molecule has 0 saturated carbocycles. The molecule has 1 aliphatic carbocycles. The molecule has 162 valence electrons. The van der Waals surface area contributed by atoms with Gasteiger partial charge in [-0.3, -0.25) is 0 Å². The Balaban J connectivity index is 1.77. The maximum Gasteiger partial charge on any atom is 0.435 e. The Morgan fingerprint density at radius 1 is 1.19 bits per heavy atom. The molecule has 1 unspecified atom stereocenters. The molecular weight excluding hydrogens is 449 g/mol. The van der Waals surface area contributed by atoms with E-state index >= 15 is 0 Å². The number of rotatable bonds is 4. The van der Waals surface area contributed by atoms with Gasteiger partial charge in [-0.05, 0) is 42.8 Å². The molecule has 2 aromatic heterocycles. The van der Waals surface area contributed by atoms with Crippen molar-refractivity contribution in [1.82, 2.24) is 9.78 Å². The molecular formula is C21H17F3N2O3S2. The van der Waals surface area contributed by atoms with Crippen LogP contribution in [0.25, 0.3) is 16.3 Å². The summed E-state index contributed by atoms with van der Waals surface area (Å²) in [6.45, 7) is 0. The standard InChI is InChI=1S/C21H17F3N2O3S2/c1-31(28,29)16-7-2-4-13(10-16)18-8-9-19(30-18)17-12-20(21(22,23)24)25-26(17)14-5-3-6-15(27)11-14/h2-3,5-13,27H,4H2,1H3. The maximum atomic E-state index is 13.3. The fraction of sp³-hybridized carbons (Fsp3) is 0.190. The van der Waals surface area contributed by atoms with Crippen LogP contribution in [0.4, 0.5) is 13.2 Å². The highest BCUT2D eigenvalue weighted by Crippen LogP contribution is 2.40. The number of hydrogen-bond acceptors (Lipinski definition) is 5. The van der Waals surface area contributed by atoms with Gasteiger partial charge in [0.25, 0.3) is 0 Å². The quantitative estimate of drug-likeness (QED) is 0.567. The lowest BCUT2D eigenvalue weighted by Gasteiger charge is -2.14.